The van der Waals surface area contributed by atoms with Gasteiger partial charge in [0.15, 0.2) is 5.78 Å². The highest BCUT2D eigenvalue weighted by atomic mass is 16.5. The van der Waals surface area contributed by atoms with E-state index in [1.165, 1.54) is 7.11 Å². The Bertz CT molecular complexity index is 983. The number of Topliss-reactive ketones (excluding diaryl/α,β-unsaturated/α-hetero) is 1. The number of hydrogen-bond donors (Lipinski definition) is 0. The number of hydrogen-bond acceptors (Lipinski definition) is 5. The van der Waals surface area contributed by atoms with Crippen molar-refractivity contribution in [3.63, 3.8) is 0 Å². The highest BCUT2D eigenvalue weighted by molar-refractivity contribution is 6.08. The second kappa shape index (κ2) is 7.23. The van der Waals surface area contributed by atoms with E-state index >= 15 is 0 Å². The van der Waals surface area contributed by atoms with Crippen molar-refractivity contribution in [2.75, 3.05) is 7.11 Å². The number of ether oxygens (including phenoxy) is 1. The van der Waals surface area contributed by atoms with Crippen molar-refractivity contribution in [1.29, 1.82) is 0 Å². The van der Waals surface area contributed by atoms with Gasteiger partial charge < -0.3 is 9.15 Å². The van der Waals surface area contributed by atoms with E-state index in [2.05, 4.69) is 0 Å². The predicted octanol–water partition coefficient (Wildman–Crippen LogP) is 4.34. The first-order chi connectivity index (χ1) is 13.5. The Morgan fingerprint density at radius 1 is 1.11 bits per heavy atom. The lowest BCUT2D eigenvalue weighted by atomic mass is 9.71. The maximum absolute atomic E-state index is 13.2. The third-order valence-electron chi connectivity index (χ3n) is 5.68. The van der Waals surface area contributed by atoms with Crippen LogP contribution in [0.3, 0.4) is 0 Å². The molecule has 3 atom stereocenters. The van der Waals surface area contributed by atoms with Gasteiger partial charge in [-0.15, -0.1) is 0 Å². The van der Waals surface area contributed by atoms with Crippen molar-refractivity contribution in [1.82, 2.24) is 0 Å². The molecular weight excluding hydrogens is 354 g/mol. The maximum Gasteiger partial charge on any atom is 0.315 e. The van der Waals surface area contributed by atoms with E-state index in [1.54, 1.807) is 0 Å². The van der Waals surface area contributed by atoms with Crippen LogP contribution in [-0.4, -0.2) is 24.6 Å². The lowest BCUT2D eigenvalue weighted by molar-refractivity contribution is -0.143. The number of nitrogens with zero attached hydrogens (tertiary/aromatic N) is 1. The molecular formula is C23H23NO4. The summed E-state index contributed by atoms with van der Waals surface area (Å²) in [5.74, 6) is -0.0567. The highest BCUT2D eigenvalue weighted by Gasteiger charge is 2.45. The normalized spacial score (nSPS) is 24.6. The van der Waals surface area contributed by atoms with Crippen LogP contribution >= 0.6 is 0 Å². The third kappa shape index (κ3) is 3.11. The summed E-state index contributed by atoms with van der Waals surface area (Å²) < 4.78 is 10.9. The number of methoxy groups -OCH3 is 1. The van der Waals surface area contributed by atoms with E-state index < -0.39 is 17.8 Å². The van der Waals surface area contributed by atoms with E-state index in [-0.39, 0.29) is 11.7 Å². The molecule has 1 aliphatic carbocycles. The van der Waals surface area contributed by atoms with Crippen molar-refractivity contribution >= 4 is 17.5 Å². The second-order valence-corrected chi connectivity index (χ2v) is 7.48. The molecule has 3 unspecified atom stereocenters. The van der Waals surface area contributed by atoms with E-state index in [0.29, 0.717) is 29.9 Å². The first kappa shape index (κ1) is 18.4. The van der Waals surface area contributed by atoms with Gasteiger partial charge in [0.1, 0.15) is 17.4 Å². The van der Waals surface area contributed by atoms with Gasteiger partial charge >= 0.3 is 5.97 Å². The number of benzene rings is 1. The number of furan rings is 1. The Labute approximate surface area is 164 Å². The van der Waals surface area contributed by atoms with E-state index in [9.17, 15) is 9.59 Å². The van der Waals surface area contributed by atoms with Crippen molar-refractivity contribution < 1.29 is 18.7 Å². The fourth-order valence-corrected chi connectivity index (χ4v) is 4.38. The molecule has 0 fully saturated rings. The summed E-state index contributed by atoms with van der Waals surface area (Å²) in [6.07, 6.45) is 1.08. The smallest absolute Gasteiger partial charge is 0.315 e. The van der Waals surface area contributed by atoms with Gasteiger partial charge in [0.2, 0.25) is 0 Å². The molecule has 1 aliphatic heterocycles. The Morgan fingerprint density at radius 2 is 1.86 bits per heavy atom. The van der Waals surface area contributed by atoms with Gasteiger partial charge in [-0.2, -0.15) is 0 Å². The molecule has 0 radical (unpaired) electrons. The number of allylic oxidation sites excluding steroid dienone is 2. The van der Waals surface area contributed by atoms with Crippen LogP contribution in [0, 0.1) is 12.8 Å². The average Bonchev–Trinajstić information content (AvgIpc) is 3.13. The topological polar surface area (TPSA) is 68.9 Å². The van der Waals surface area contributed by atoms with Crippen LogP contribution < -0.4 is 0 Å². The Balaban J connectivity index is 1.81. The number of aryl methyl sites for hydroxylation is 1. The largest absolute Gasteiger partial charge is 0.468 e. The van der Waals surface area contributed by atoms with Gasteiger partial charge in [0, 0.05) is 23.4 Å². The molecule has 0 N–H and O–H groups in total. The summed E-state index contributed by atoms with van der Waals surface area (Å²) in [6, 6.07) is 13.7. The van der Waals surface area contributed by atoms with Gasteiger partial charge in [-0.25, -0.2) is 0 Å². The molecule has 4 rings (SSSR count). The number of carbonyl (C=O) groups is 2. The minimum Gasteiger partial charge on any atom is -0.468 e. The molecule has 5 heteroatoms. The summed E-state index contributed by atoms with van der Waals surface area (Å²) in [6.45, 7) is 3.68. The maximum atomic E-state index is 13.2. The Hall–Kier alpha value is -2.95. The van der Waals surface area contributed by atoms with Crippen LogP contribution in [0.1, 0.15) is 48.7 Å². The van der Waals surface area contributed by atoms with E-state index in [1.807, 2.05) is 56.3 Å². The summed E-state index contributed by atoms with van der Waals surface area (Å²) in [5, 5.41) is 0. The van der Waals surface area contributed by atoms with Crippen molar-refractivity contribution in [3.05, 3.63) is 70.8 Å². The number of ketones is 1. The van der Waals surface area contributed by atoms with Crippen molar-refractivity contribution in [3.8, 4) is 0 Å². The first-order valence-electron chi connectivity index (χ1n) is 9.50. The standard InChI is InChI=1S/C23H23NO4/c1-13-9-10-19(28-13)22-20(23(26)27-3)14(2)24-17-11-16(12-18(25)21(17)22)15-7-5-4-6-8-15/h4-10,16,20,22H,11-12H2,1-3H3. The van der Waals surface area contributed by atoms with Gasteiger partial charge in [0.05, 0.1) is 13.0 Å². The molecule has 0 spiro atoms. The Kier molecular flexibility index (Phi) is 4.75. The SMILES string of the molecule is COC(=O)C1C(C)=NC2=C(C(=O)CC(c3ccccc3)C2)C1c1ccc(C)o1. The molecule has 1 aromatic heterocycles. The monoisotopic (exact) mass is 377 g/mol. The molecule has 2 heterocycles. The minimum absolute atomic E-state index is 0.0271. The Morgan fingerprint density at radius 3 is 2.50 bits per heavy atom. The molecule has 5 nitrogen and oxygen atoms in total. The van der Waals surface area contributed by atoms with Crippen molar-refractivity contribution in [2.24, 2.45) is 10.9 Å². The summed E-state index contributed by atoms with van der Waals surface area (Å²) in [4.78, 5) is 30.5. The number of esters is 1. The van der Waals surface area contributed by atoms with Gasteiger partial charge in [0.25, 0.3) is 0 Å². The van der Waals surface area contributed by atoms with Gasteiger partial charge in [-0.05, 0) is 43.9 Å². The van der Waals surface area contributed by atoms with Crippen LogP contribution in [-0.2, 0) is 14.3 Å². The molecule has 0 bridgehead atoms. The quantitative estimate of drug-likeness (QED) is 0.747. The molecule has 2 aliphatic rings. The minimum atomic E-state index is -0.647. The fourth-order valence-electron chi connectivity index (χ4n) is 4.38. The molecule has 1 aromatic carbocycles. The van der Waals surface area contributed by atoms with Crippen LogP contribution in [0.25, 0.3) is 0 Å². The van der Waals surface area contributed by atoms with E-state index in [0.717, 1.165) is 17.0 Å². The second-order valence-electron chi connectivity index (χ2n) is 7.48. The molecule has 28 heavy (non-hydrogen) atoms. The lowest BCUT2D eigenvalue weighted by Crippen LogP contribution is -2.37. The van der Waals surface area contributed by atoms with Crippen LogP contribution in [0.4, 0.5) is 0 Å². The molecule has 0 saturated carbocycles. The average molecular weight is 377 g/mol. The number of aliphatic imine (C=N–C) groups is 1. The molecule has 144 valence electrons. The summed E-state index contributed by atoms with van der Waals surface area (Å²) in [7, 11) is 1.36. The lowest BCUT2D eigenvalue weighted by Gasteiger charge is -2.35. The zero-order chi connectivity index (χ0) is 19.8. The molecule has 0 saturated heterocycles. The molecule has 0 amide bonds. The van der Waals surface area contributed by atoms with Crippen LogP contribution in [0.2, 0.25) is 0 Å². The van der Waals surface area contributed by atoms with Gasteiger partial charge in [-0.1, -0.05) is 30.3 Å². The predicted molar refractivity (Wildman–Crippen MR) is 105 cm³/mol. The van der Waals surface area contributed by atoms with E-state index in [4.69, 9.17) is 14.1 Å². The summed E-state index contributed by atoms with van der Waals surface area (Å²) in [5.41, 5.74) is 3.16. The zero-order valence-electron chi connectivity index (χ0n) is 16.3. The van der Waals surface area contributed by atoms with Crippen molar-refractivity contribution in [2.45, 2.75) is 38.5 Å². The fraction of sp³-hybridized carbons (Fsp3) is 0.348. The van der Waals surface area contributed by atoms with Crippen LogP contribution in [0.15, 0.2) is 63.1 Å². The zero-order valence-corrected chi connectivity index (χ0v) is 16.3. The number of carbonyl (C=O) groups excluding carboxylic acids is 2. The summed E-state index contributed by atoms with van der Waals surface area (Å²) >= 11 is 0. The molecule has 2 aromatic rings. The highest BCUT2D eigenvalue weighted by Crippen LogP contribution is 2.47. The third-order valence-corrected chi connectivity index (χ3v) is 5.68. The first-order valence-corrected chi connectivity index (χ1v) is 9.50. The van der Waals surface area contributed by atoms with Gasteiger partial charge in [-0.3, -0.25) is 14.6 Å². The van der Waals surface area contributed by atoms with Crippen LogP contribution in [0.5, 0.6) is 0 Å². The number of rotatable bonds is 3.